The molecule has 4 atom stereocenters. The lowest BCUT2D eigenvalue weighted by molar-refractivity contribution is -0.141. The monoisotopic (exact) mass is 698 g/mol. The van der Waals surface area contributed by atoms with Gasteiger partial charge in [-0.1, -0.05) is 52.3 Å². The van der Waals surface area contributed by atoms with Gasteiger partial charge in [0.2, 0.25) is 23.5 Å². The number of hydrogen-bond donors (Lipinski definition) is 3. The molecule has 11 nitrogen and oxygen atoms in total. The van der Waals surface area contributed by atoms with Crippen LogP contribution in [0.5, 0.6) is 5.88 Å². The number of rotatable bonds is 9. The van der Waals surface area contributed by atoms with Crippen LogP contribution in [0.2, 0.25) is 0 Å². The maximum atomic E-state index is 13.7. The predicted molar refractivity (Wildman–Crippen MR) is 198 cm³/mol. The summed E-state index contributed by atoms with van der Waals surface area (Å²) in [5.41, 5.74) is 7.87. The average Bonchev–Trinajstić information content (AvgIpc) is 3.61. The third-order valence-electron chi connectivity index (χ3n) is 7.68. The number of fused-ring (bicyclic) bond motifs is 1. The molecule has 0 saturated carbocycles. The van der Waals surface area contributed by atoms with E-state index in [4.69, 9.17) is 10.5 Å². The van der Waals surface area contributed by atoms with Crippen LogP contribution in [-0.4, -0.2) is 81.3 Å². The molecule has 1 aliphatic heterocycles. The number of Topliss-reactive ketones (excluding diaryl/α,β-unsaturated/α-hetero) is 1. The molecule has 3 aromatic rings. The van der Waals surface area contributed by atoms with Crippen LogP contribution in [0.15, 0.2) is 42.6 Å². The number of benzene rings is 1. The molecule has 0 bridgehead atoms. The fourth-order valence-electron chi connectivity index (χ4n) is 4.57. The third kappa shape index (κ3) is 11.8. The Hall–Kier alpha value is -3.16. The van der Waals surface area contributed by atoms with E-state index in [9.17, 15) is 14.4 Å². The first kappa shape index (κ1) is 41.9. The fourth-order valence-corrected chi connectivity index (χ4v) is 5.53. The highest BCUT2D eigenvalue weighted by Gasteiger charge is 2.45. The Morgan fingerprint density at radius 3 is 2.30 bits per heavy atom. The molecule has 1 saturated heterocycles. The van der Waals surface area contributed by atoms with E-state index in [1.807, 2.05) is 72.0 Å². The van der Waals surface area contributed by atoms with Crippen LogP contribution in [0.1, 0.15) is 87.4 Å². The van der Waals surface area contributed by atoms with Gasteiger partial charge in [0.25, 0.3) is 0 Å². The van der Waals surface area contributed by atoms with Crippen molar-refractivity contribution in [1.82, 2.24) is 25.5 Å². The molecule has 47 heavy (non-hydrogen) atoms. The standard InChI is InChI=1S/C29H37N5O4S.C5H13N.ClH.H2O.3H2/c1-6-9-20(24(35)27-33-19-10-7-8-11-22(19)39-27)32-26(36)21-14-18(38-23-13-12-17(2)15-31-23)16-34(21)28(37)25(30)29(3,4)5;1-5(2,3)6-4;;;;;/h7-8,10-13,15,18,20-21,25H,6,9,14,16,30H2,1-5H3,(H,32,36);6H,1-4H3;1H;1H2;3*1H/t18-,20?,21-,25?;;;;;;/m1....../s1. The minimum absolute atomic E-state index is 0. The molecule has 0 spiro atoms. The number of para-hydroxylation sites is 1. The quantitative estimate of drug-likeness (QED) is 0.255. The van der Waals surface area contributed by atoms with Gasteiger partial charge in [0.05, 0.1) is 28.8 Å². The number of hydrogen-bond acceptors (Lipinski definition) is 9. The van der Waals surface area contributed by atoms with E-state index in [0.29, 0.717) is 29.3 Å². The molecular weight excluding hydrogens is 640 g/mol. The Balaban J connectivity index is -0.00000185. The number of thiazole rings is 1. The number of ketones is 1. The van der Waals surface area contributed by atoms with Crippen molar-refractivity contribution in [3.63, 3.8) is 0 Å². The van der Waals surface area contributed by atoms with Crippen molar-refractivity contribution in [2.24, 2.45) is 11.1 Å². The molecule has 0 aliphatic carbocycles. The van der Waals surface area contributed by atoms with E-state index in [-0.39, 0.29) is 46.8 Å². The highest BCUT2D eigenvalue weighted by atomic mass is 35.5. The normalized spacial score (nSPS) is 17.4. The van der Waals surface area contributed by atoms with Crippen molar-refractivity contribution < 1.29 is 28.9 Å². The zero-order valence-corrected chi connectivity index (χ0v) is 30.7. The van der Waals surface area contributed by atoms with Gasteiger partial charge in [-0.05, 0) is 64.3 Å². The van der Waals surface area contributed by atoms with Crippen molar-refractivity contribution in [1.29, 1.82) is 0 Å². The maximum Gasteiger partial charge on any atom is 0.243 e. The second kappa shape index (κ2) is 17.8. The van der Waals surface area contributed by atoms with Crippen LogP contribution in [0, 0.1) is 12.3 Å². The third-order valence-corrected chi connectivity index (χ3v) is 8.74. The van der Waals surface area contributed by atoms with Gasteiger partial charge in [0, 0.05) is 28.5 Å². The Labute approximate surface area is 293 Å². The Kier molecular flexibility index (Phi) is 15.9. The van der Waals surface area contributed by atoms with Crippen LogP contribution in [0.4, 0.5) is 0 Å². The van der Waals surface area contributed by atoms with Gasteiger partial charge >= 0.3 is 0 Å². The van der Waals surface area contributed by atoms with Gasteiger partial charge in [-0.3, -0.25) is 14.4 Å². The predicted octanol–water partition coefficient (Wildman–Crippen LogP) is 5.23. The largest absolute Gasteiger partial charge is 0.472 e. The number of nitrogens with two attached hydrogens (primary N) is 1. The Morgan fingerprint density at radius 2 is 1.77 bits per heavy atom. The molecule has 0 radical (unpaired) electrons. The number of carbonyl (C=O) groups excluding carboxylic acids is 3. The molecule has 6 N–H and O–H groups in total. The van der Waals surface area contributed by atoms with Crippen LogP contribution in [-0.2, 0) is 9.59 Å². The molecule has 1 aliphatic rings. The van der Waals surface area contributed by atoms with E-state index in [1.54, 1.807) is 12.3 Å². The second-order valence-electron chi connectivity index (χ2n) is 13.7. The molecule has 2 amide bonds. The number of ether oxygens (including phenoxy) is 1. The van der Waals surface area contributed by atoms with Crippen LogP contribution < -0.4 is 21.1 Å². The summed E-state index contributed by atoms with van der Waals surface area (Å²) < 4.78 is 6.97. The summed E-state index contributed by atoms with van der Waals surface area (Å²) in [5, 5.41) is 6.39. The topological polar surface area (TPSA) is 171 Å². The summed E-state index contributed by atoms with van der Waals surface area (Å²) in [4.78, 5) is 50.9. The zero-order chi connectivity index (χ0) is 33.5. The van der Waals surface area contributed by atoms with Crippen molar-refractivity contribution in [3.8, 4) is 5.88 Å². The summed E-state index contributed by atoms with van der Waals surface area (Å²) >= 11 is 1.31. The van der Waals surface area contributed by atoms with E-state index in [0.717, 1.165) is 15.8 Å². The number of carbonyl (C=O) groups is 3. The summed E-state index contributed by atoms with van der Waals surface area (Å²) in [5.74, 6) is -0.533. The van der Waals surface area contributed by atoms with Crippen molar-refractivity contribution in [3.05, 3.63) is 53.2 Å². The van der Waals surface area contributed by atoms with E-state index >= 15 is 0 Å². The number of aromatic nitrogens is 2. The van der Waals surface area contributed by atoms with Crippen LogP contribution >= 0.6 is 23.7 Å². The highest BCUT2D eigenvalue weighted by Crippen LogP contribution is 2.28. The van der Waals surface area contributed by atoms with E-state index < -0.39 is 35.6 Å². The zero-order valence-electron chi connectivity index (χ0n) is 29.0. The summed E-state index contributed by atoms with van der Waals surface area (Å²) in [6, 6.07) is 8.82. The number of nitrogens with one attached hydrogen (secondary N) is 2. The molecule has 4 rings (SSSR count). The lowest BCUT2D eigenvalue weighted by Crippen LogP contribution is -2.56. The van der Waals surface area contributed by atoms with Gasteiger partial charge in [-0.2, -0.15) is 0 Å². The van der Waals surface area contributed by atoms with Gasteiger partial charge in [-0.15, -0.1) is 23.7 Å². The fraction of sp³-hybridized carbons (Fsp3) is 0.559. The van der Waals surface area contributed by atoms with E-state index in [2.05, 4.69) is 41.4 Å². The Morgan fingerprint density at radius 1 is 1.13 bits per heavy atom. The minimum atomic E-state index is -0.830. The van der Waals surface area contributed by atoms with Crippen molar-refractivity contribution in [2.75, 3.05) is 13.6 Å². The summed E-state index contributed by atoms with van der Waals surface area (Å²) in [7, 11) is 1.96. The first-order valence-corrected chi connectivity index (χ1v) is 16.4. The van der Waals surface area contributed by atoms with Crippen LogP contribution in [0.25, 0.3) is 10.2 Å². The van der Waals surface area contributed by atoms with Gasteiger partial charge in [-0.25, -0.2) is 9.97 Å². The molecule has 3 heterocycles. The summed E-state index contributed by atoms with van der Waals surface area (Å²) in [6.45, 7) is 16.1. The molecule has 268 valence electrons. The number of likely N-dealkylation sites (tertiary alicyclic amines) is 1. The number of nitrogens with zero attached hydrogens (tertiary/aromatic N) is 3. The van der Waals surface area contributed by atoms with Crippen molar-refractivity contribution >= 4 is 51.6 Å². The molecule has 13 heteroatoms. The Bertz CT molecular complexity index is 1440. The lowest BCUT2D eigenvalue weighted by Gasteiger charge is -2.32. The van der Waals surface area contributed by atoms with Gasteiger partial charge < -0.3 is 31.5 Å². The van der Waals surface area contributed by atoms with Crippen LogP contribution in [0.3, 0.4) is 0 Å². The maximum absolute atomic E-state index is 13.7. The number of pyridine rings is 1. The van der Waals surface area contributed by atoms with Crippen molar-refractivity contribution in [2.45, 2.75) is 104 Å². The smallest absolute Gasteiger partial charge is 0.243 e. The first-order chi connectivity index (χ1) is 21.0. The average molecular weight is 699 g/mol. The highest BCUT2D eigenvalue weighted by molar-refractivity contribution is 7.20. The number of halogens is 1. The summed E-state index contributed by atoms with van der Waals surface area (Å²) in [6.07, 6.45) is 2.66. The second-order valence-corrected chi connectivity index (χ2v) is 14.7. The number of aryl methyl sites for hydroxylation is 1. The van der Waals surface area contributed by atoms with E-state index in [1.165, 1.54) is 16.2 Å². The molecule has 2 unspecified atom stereocenters. The SMILES string of the molecule is CCCC(NC(=O)[C@H]1C[C@@H](Oc2ccc(C)cn2)CN1C(=O)C(N)C(C)(C)C)C(=O)c1nc2ccccc2s1.CNC(C)(C)C.Cl.O.[HH].[HH].[HH]. The molecular formula is C34H59ClN6O5S. The molecule has 2 aromatic heterocycles. The minimum Gasteiger partial charge on any atom is -0.472 e. The lowest BCUT2D eigenvalue weighted by atomic mass is 9.86. The number of amides is 2. The van der Waals surface area contributed by atoms with Gasteiger partial charge in [0.1, 0.15) is 12.1 Å². The first-order valence-electron chi connectivity index (χ1n) is 15.6. The van der Waals surface area contributed by atoms with Gasteiger partial charge in [0.15, 0.2) is 5.01 Å². The molecule has 1 aromatic carbocycles. The molecule has 1 fully saturated rings.